The van der Waals surface area contributed by atoms with E-state index in [2.05, 4.69) is 10.2 Å². The van der Waals surface area contributed by atoms with Crippen molar-refractivity contribution in [3.8, 4) is 0 Å². The number of aromatic amines is 1. The number of amides is 1. The van der Waals surface area contributed by atoms with Crippen LogP contribution < -0.4 is 5.56 Å². The molecule has 2 atom stereocenters. The zero-order valence-electron chi connectivity index (χ0n) is 10.3. The van der Waals surface area contributed by atoms with E-state index in [-0.39, 0.29) is 11.5 Å². The number of H-pyrrole nitrogens is 1. The van der Waals surface area contributed by atoms with E-state index in [0.717, 1.165) is 18.2 Å². The van der Waals surface area contributed by atoms with Gasteiger partial charge in [0.2, 0.25) is 5.91 Å². The fourth-order valence-corrected chi connectivity index (χ4v) is 3.07. The summed E-state index contributed by atoms with van der Waals surface area (Å²) in [4.78, 5) is 24.9. The monoisotopic (exact) mass is 247 g/mol. The van der Waals surface area contributed by atoms with E-state index in [9.17, 15) is 9.59 Å². The minimum absolute atomic E-state index is 0.207. The summed E-state index contributed by atoms with van der Waals surface area (Å²) in [5, 5.41) is 6.30. The van der Waals surface area contributed by atoms with Crippen molar-refractivity contribution in [1.82, 2.24) is 15.1 Å². The van der Waals surface area contributed by atoms with Crippen LogP contribution in [0.25, 0.3) is 0 Å². The Balaban J connectivity index is 1.53. The van der Waals surface area contributed by atoms with Crippen LogP contribution in [0.1, 0.15) is 31.4 Å². The third kappa shape index (κ3) is 2.05. The average molecular weight is 247 g/mol. The first-order chi connectivity index (χ1) is 8.74. The number of hydrogen-bond donors (Lipinski definition) is 1. The lowest BCUT2D eigenvalue weighted by molar-refractivity contribution is -0.142. The molecule has 0 aromatic carbocycles. The topological polar surface area (TPSA) is 66.1 Å². The number of likely N-dealkylation sites (tertiary alicyclic amines) is 1. The third-order valence-corrected chi connectivity index (χ3v) is 4.10. The number of aromatic nitrogens is 2. The van der Waals surface area contributed by atoms with Crippen molar-refractivity contribution in [3.05, 3.63) is 28.2 Å². The summed E-state index contributed by atoms with van der Waals surface area (Å²) in [6, 6.07) is 3.64. The Hall–Kier alpha value is -1.65. The van der Waals surface area contributed by atoms with E-state index in [1.54, 1.807) is 6.07 Å². The Morgan fingerprint density at radius 1 is 1.44 bits per heavy atom. The molecular weight excluding hydrogens is 230 g/mol. The number of carbonyl (C=O) groups is 1. The zero-order chi connectivity index (χ0) is 12.5. The number of aryl methyl sites for hydroxylation is 1. The molecule has 5 heteroatoms. The van der Waals surface area contributed by atoms with Crippen LogP contribution in [0, 0.1) is 5.92 Å². The van der Waals surface area contributed by atoms with E-state index in [1.807, 2.05) is 4.90 Å². The SMILES string of the molecule is O=C(CCc1ccc(=O)[nH]n1)N1C[C@@H]2CCC[C@@H]21. The molecule has 0 spiro atoms. The third-order valence-electron chi connectivity index (χ3n) is 4.10. The van der Waals surface area contributed by atoms with Crippen molar-refractivity contribution in [1.29, 1.82) is 0 Å². The van der Waals surface area contributed by atoms with Crippen molar-refractivity contribution < 1.29 is 4.79 Å². The molecule has 2 heterocycles. The van der Waals surface area contributed by atoms with Crippen LogP contribution in [0.15, 0.2) is 16.9 Å². The largest absolute Gasteiger partial charge is 0.339 e. The van der Waals surface area contributed by atoms with Crippen LogP contribution in [0.2, 0.25) is 0 Å². The maximum atomic E-state index is 12.0. The van der Waals surface area contributed by atoms with Gasteiger partial charge < -0.3 is 4.90 Å². The number of rotatable bonds is 3. The van der Waals surface area contributed by atoms with Gasteiger partial charge in [-0.3, -0.25) is 9.59 Å². The summed E-state index contributed by atoms with van der Waals surface area (Å²) < 4.78 is 0. The first-order valence-corrected chi connectivity index (χ1v) is 6.58. The average Bonchev–Trinajstić information content (AvgIpc) is 2.70. The molecular formula is C13H17N3O2. The quantitative estimate of drug-likeness (QED) is 0.855. The highest BCUT2D eigenvalue weighted by Crippen LogP contribution is 2.39. The summed E-state index contributed by atoms with van der Waals surface area (Å²) in [5.74, 6) is 0.992. The Bertz CT molecular complexity index is 491. The van der Waals surface area contributed by atoms with Gasteiger partial charge in [-0.25, -0.2) is 5.10 Å². The molecule has 1 N–H and O–H groups in total. The highest BCUT2D eigenvalue weighted by molar-refractivity contribution is 5.77. The van der Waals surface area contributed by atoms with Gasteiger partial charge in [-0.1, -0.05) is 6.42 Å². The molecule has 2 fully saturated rings. The molecule has 1 saturated heterocycles. The summed E-state index contributed by atoms with van der Waals surface area (Å²) in [5.41, 5.74) is 0.563. The fraction of sp³-hybridized carbons (Fsp3) is 0.615. The van der Waals surface area contributed by atoms with Crippen LogP contribution in [-0.4, -0.2) is 33.6 Å². The van der Waals surface area contributed by atoms with Crippen molar-refractivity contribution in [2.75, 3.05) is 6.54 Å². The van der Waals surface area contributed by atoms with Gasteiger partial charge in [-0.05, 0) is 24.8 Å². The molecule has 1 aromatic heterocycles. The molecule has 0 bridgehead atoms. The van der Waals surface area contributed by atoms with E-state index < -0.39 is 0 Å². The van der Waals surface area contributed by atoms with Crippen molar-refractivity contribution in [2.24, 2.45) is 5.92 Å². The number of nitrogens with one attached hydrogen (secondary N) is 1. The lowest BCUT2D eigenvalue weighted by atomic mass is 9.91. The van der Waals surface area contributed by atoms with Crippen molar-refractivity contribution in [3.63, 3.8) is 0 Å². The van der Waals surface area contributed by atoms with Gasteiger partial charge in [0, 0.05) is 31.5 Å². The number of carbonyl (C=O) groups excluding carboxylic acids is 1. The van der Waals surface area contributed by atoms with Gasteiger partial charge in [0.1, 0.15) is 0 Å². The minimum Gasteiger partial charge on any atom is -0.339 e. The van der Waals surface area contributed by atoms with E-state index in [4.69, 9.17) is 0 Å². The summed E-state index contributed by atoms with van der Waals surface area (Å²) >= 11 is 0. The number of fused-ring (bicyclic) bond motifs is 1. The Morgan fingerprint density at radius 3 is 3.06 bits per heavy atom. The maximum Gasteiger partial charge on any atom is 0.264 e. The molecule has 3 rings (SSSR count). The molecule has 1 aromatic rings. The van der Waals surface area contributed by atoms with Crippen LogP contribution in [0.5, 0.6) is 0 Å². The Morgan fingerprint density at radius 2 is 2.33 bits per heavy atom. The second-order valence-electron chi connectivity index (χ2n) is 5.22. The van der Waals surface area contributed by atoms with Gasteiger partial charge in [-0.2, -0.15) is 5.10 Å². The van der Waals surface area contributed by atoms with Crippen LogP contribution in [0.4, 0.5) is 0 Å². The van der Waals surface area contributed by atoms with Crippen LogP contribution in [0.3, 0.4) is 0 Å². The Kier molecular flexibility index (Phi) is 2.89. The molecule has 1 aliphatic heterocycles. The standard InChI is InChI=1S/C13H17N3O2/c17-12-6-4-10(14-15-12)5-7-13(18)16-8-9-2-1-3-11(9)16/h4,6,9,11H,1-3,5,7-8H2,(H,15,17)/t9-,11-/m0/s1. The van der Waals surface area contributed by atoms with E-state index in [1.165, 1.54) is 25.3 Å². The summed E-state index contributed by atoms with van der Waals surface area (Å²) in [6.07, 6.45) is 4.82. The zero-order valence-corrected chi connectivity index (χ0v) is 10.3. The second-order valence-corrected chi connectivity index (χ2v) is 5.22. The number of hydrogen-bond acceptors (Lipinski definition) is 3. The maximum absolute atomic E-state index is 12.0. The first-order valence-electron chi connectivity index (χ1n) is 6.58. The molecule has 1 aliphatic carbocycles. The predicted octanol–water partition coefficient (Wildman–Crippen LogP) is 0.713. The van der Waals surface area contributed by atoms with Gasteiger partial charge in [0.05, 0.1) is 5.69 Å². The predicted molar refractivity (Wildman–Crippen MR) is 66.0 cm³/mol. The fourth-order valence-electron chi connectivity index (χ4n) is 3.07. The second kappa shape index (κ2) is 4.55. The molecule has 2 aliphatic rings. The van der Waals surface area contributed by atoms with Crippen molar-refractivity contribution >= 4 is 5.91 Å². The van der Waals surface area contributed by atoms with Crippen molar-refractivity contribution in [2.45, 2.75) is 38.1 Å². The molecule has 0 unspecified atom stereocenters. The Labute approximate surface area is 105 Å². The van der Waals surface area contributed by atoms with Crippen LogP contribution in [-0.2, 0) is 11.2 Å². The van der Waals surface area contributed by atoms with E-state index in [0.29, 0.717) is 18.9 Å². The minimum atomic E-state index is -0.207. The highest BCUT2D eigenvalue weighted by atomic mass is 16.2. The normalized spacial score (nSPS) is 25.7. The van der Waals surface area contributed by atoms with Gasteiger partial charge in [0.25, 0.3) is 5.56 Å². The number of nitrogens with zero attached hydrogens (tertiary/aromatic N) is 2. The molecule has 96 valence electrons. The first kappa shape index (κ1) is 11.4. The summed E-state index contributed by atoms with van der Waals surface area (Å²) in [7, 11) is 0. The van der Waals surface area contributed by atoms with Gasteiger partial charge in [-0.15, -0.1) is 0 Å². The molecule has 1 amide bonds. The smallest absolute Gasteiger partial charge is 0.264 e. The molecule has 0 radical (unpaired) electrons. The van der Waals surface area contributed by atoms with Crippen LogP contribution >= 0.6 is 0 Å². The van der Waals surface area contributed by atoms with E-state index >= 15 is 0 Å². The van der Waals surface area contributed by atoms with Gasteiger partial charge in [0.15, 0.2) is 0 Å². The molecule has 18 heavy (non-hydrogen) atoms. The lowest BCUT2D eigenvalue weighted by Gasteiger charge is -2.44. The lowest BCUT2D eigenvalue weighted by Crippen LogP contribution is -2.56. The molecule has 5 nitrogen and oxygen atoms in total. The van der Waals surface area contributed by atoms with Gasteiger partial charge >= 0.3 is 0 Å². The highest BCUT2D eigenvalue weighted by Gasteiger charge is 2.43. The summed E-state index contributed by atoms with van der Waals surface area (Å²) in [6.45, 7) is 0.947. The molecule has 1 saturated carbocycles.